The molecule has 0 amide bonds. The van der Waals surface area contributed by atoms with Gasteiger partial charge in [0.25, 0.3) is 0 Å². The Hall–Kier alpha value is -0.0400. The Kier molecular flexibility index (Phi) is 4.43. The monoisotopic (exact) mass is 197 g/mol. The summed E-state index contributed by atoms with van der Waals surface area (Å²) in [5.41, 5.74) is 0.656. The van der Waals surface area contributed by atoms with Gasteiger partial charge in [-0.1, -0.05) is 27.2 Å². The van der Waals surface area contributed by atoms with Gasteiger partial charge in [0.05, 0.1) is 0 Å². The molecule has 1 aliphatic carbocycles. The zero-order valence-corrected chi connectivity index (χ0v) is 10.4. The van der Waals surface area contributed by atoms with Gasteiger partial charge in [0.1, 0.15) is 0 Å². The Morgan fingerprint density at radius 1 is 1.43 bits per heavy atom. The maximum atomic E-state index is 3.57. The van der Waals surface area contributed by atoms with Crippen LogP contribution < -0.4 is 5.32 Å². The molecule has 1 rings (SSSR count). The maximum absolute atomic E-state index is 3.57. The van der Waals surface area contributed by atoms with Crippen LogP contribution in [0.1, 0.15) is 59.8 Å². The van der Waals surface area contributed by atoms with Gasteiger partial charge in [-0.3, -0.25) is 0 Å². The van der Waals surface area contributed by atoms with Crippen molar-refractivity contribution in [2.75, 3.05) is 6.54 Å². The van der Waals surface area contributed by atoms with Crippen molar-refractivity contribution in [3.8, 4) is 0 Å². The number of rotatable bonds is 5. The third kappa shape index (κ3) is 2.98. The molecule has 0 heterocycles. The molecule has 3 atom stereocenters. The molecule has 1 nitrogen and oxygen atoms in total. The first kappa shape index (κ1) is 12.0. The average Bonchev–Trinajstić information content (AvgIpc) is 2.49. The second-order valence-electron chi connectivity index (χ2n) is 5.41. The van der Waals surface area contributed by atoms with Gasteiger partial charge in [-0.15, -0.1) is 0 Å². The summed E-state index contributed by atoms with van der Waals surface area (Å²) in [6.45, 7) is 10.5. The Balaban J connectivity index is 2.39. The summed E-state index contributed by atoms with van der Waals surface area (Å²) in [7, 11) is 0. The smallest absolute Gasteiger partial charge is 0.00670 e. The van der Waals surface area contributed by atoms with E-state index in [2.05, 4.69) is 33.0 Å². The molecule has 0 bridgehead atoms. The third-order valence-electron chi connectivity index (χ3n) is 3.96. The zero-order chi connectivity index (χ0) is 10.6. The summed E-state index contributed by atoms with van der Waals surface area (Å²) in [5.74, 6) is 0.923. The fraction of sp³-hybridized carbons (Fsp3) is 1.00. The molecule has 1 fully saturated rings. The van der Waals surface area contributed by atoms with E-state index in [9.17, 15) is 0 Å². The molecule has 0 aromatic rings. The molecule has 1 aliphatic rings. The summed E-state index contributed by atoms with van der Waals surface area (Å²) in [4.78, 5) is 0. The molecular formula is C13H27N. The van der Waals surface area contributed by atoms with Gasteiger partial charge in [0.15, 0.2) is 0 Å². The molecule has 3 unspecified atom stereocenters. The van der Waals surface area contributed by atoms with Crippen molar-refractivity contribution in [1.82, 2.24) is 5.32 Å². The van der Waals surface area contributed by atoms with Crippen LogP contribution in [0, 0.1) is 11.3 Å². The van der Waals surface area contributed by atoms with E-state index in [1.54, 1.807) is 0 Å². The Bertz CT molecular complexity index is 167. The minimum absolute atomic E-state index is 0.656. The SMILES string of the molecule is CCCC1(C)CCC(C(C)NCC)C1. The van der Waals surface area contributed by atoms with Gasteiger partial charge in [0.2, 0.25) is 0 Å². The minimum atomic E-state index is 0.656. The summed E-state index contributed by atoms with van der Waals surface area (Å²) in [5, 5.41) is 3.57. The van der Waals surface area contributed by atoms with Gasteiger partial charge in [-0.05, 0) is 50.5 Å². The molecule has 1 N–H and O–H groups in total. The number of nitrogens with one attached hydrogen (secondary N) is 1. The summed E-state index contributed by atoms with van der Waals surface area (Å²) in [6, 6.07) is 0.721. The predicted octanol–water partition coefficient (Wildman–Crippen LogP) is 3.59. The molecule has 14 heavy (non-hydrogen) atoms. The third-order valence-corrected chi connectivity index (χ3v) is 3.96. The van der Waals surface area contributed by atoms with Gasteiger partial charge < -0.3 is 5.32 Å². The minimum Gasteiger partial charge on any atom is -0.314 e. The van der Waals surface area contributed by atoms with Crippen LogP contribution in [-0.2, 0) is 0 Å². The molecule has 0 aliphatic heterocycles. The second-order valence-corrected chi connectivity index (χ2v) is 5.41. The average molecular weight is 197 g/mol. The highest BCUT2D eigenvalue weighted by Gasteiger charge is 2.36. The highest BCUT2D eigenvalue weighted by Crippen LogP contribution is 2.45. The van der Waals surface area contributed by atoms with E-state index in [1.165, 1.54) is 32.1 Å². The first-order chi connectivity index (χ1) is 6.61. The zero-order valence-electron chi connectivity index (χ0n) is 10.4. The van der Waals surface area contributed by atoms with E-state index >= 15 is 0 Å². The van der Waals surface area contributed by atoms with Crippen molar-refractivity contribution < 1.29 is 0 Å². The van der Waals surface area contributed by atoms with E-state index in [1.807, 2.05) is 0 Å². The normalized spacial score (nSPS) is 34.7. The lowest BCUT2D eigenvalue weighted by Crippen LogP contribution is -2.32. The fourth-order valence-corrected chi connectivity index (χ4v) is 3.12. The summed E-state index contributed by atoms with van der Waals surface area (Å²) < 4.78 is 0. The fourth-order valence-electron chi connectivity index (χ4n) is 3.12. The quantitative estimate of drug-likeness (QED) is 0.710. The van der Waals surface area contributed by atoms with E-state index in [0.717, 1.165) is 18.5 Å². The van der Waals surface area contributed by atoms with E-state index in [-0.39, 0.29) is 0 Å². The molecule has 0 spiro atoms. The van der Waals surface area contributed by atoms with Crippen LogP contribution in [0.3, 0.4) is 0 Å². The topological polar surface area (TPSA) is 12.0 Å². The van der Waals surface area contributed by atoms with Gasteiger partial charge in [-0.25, -0.2) is 0 Å². The first-order valence-electron chi connectivity index (χ1n) is 6.34. The van der Waals surface area contributed by atoms with Crippen molar-refractivity contribution in [2.24, 2.45) is 11.3 Å². The van der Waals surface area contributed by atoms with Crippen molar-refractivity contribution >= 4 is 0 Å². The molecule has 84 valence electrons. The van der Waals surface area contributed by atoms with E-state index in [4.69, 9.17) is 0 Å². The standard InChI is InChI=1S/C13H27N/c1-5-8-13(4)9-7-12(10-13)11(3)14-6-2/h11-12,14H,5-10H2,1-4H3. The maximum Gasteiger partial charge on any atom is 0.00670 e. The van der Waals surface area contributed by atoms with Gasteiger partial charge in [0, 0.05) is 6.04 Å². The highest BCUT2D eigenvalue weighted by molar-refractivity contribution is 4.89. The number of hydrogen-bond acceptors (Lipinski definition) is 1. The Morgan fingerprint density at radius 2 is 2.14 bits per heavy atom. The Labute approximate surface area is 89.7 Å². The lowest BCUT2D eigenvalue weighted by atomic mass is 9.82. The molecule has 0 aromatic heterocycles. The van der Waals surface area contributed by atoms with Gasteiger partial charge in [-0.2, -0.15) is 0 Å². The molecule has 1 heteroatoms. The van der Waals surface area contributed by atoms with E-state index < -0.39 is 0 Å². The van der Waals surface area contributed by atoms with Gasteiger partial charge >= 0.3 is 0 Å². The van der Waals surface area contributed by atoms with Crippen LogP contribution >= 0.6 is 0 Å². The Morgan fingerprint density at radius 3 is 2.71 bits per heavy atom. The number of hydrogen-bond donors (Lipinski definition) is 1. The first-order valence-corrected chi connectivity index (χ1v) is 6.34. The predicted molar refractivity (Wildman–Crippen MR) is 63.5 cm³/mol. The van der Waals surface area contributed by atoms with Crippen LogP contribution in [0.2, 0.25) is 0 Å². The lowest BCUT2D eigenvalue weighted by molar-refractivity contribution is 0.275. The molecule has 0 saturated heterocycles. The molecule has 0 aromatic carbocycles. The van der Waals surface area contributed by atoms with Crippen molar-refractivity contribution in [3.63, 3.8) is 0 Å². The van der Waals surface area contributed by atoms with E-state index in [0.29, 0.717) is 5.41 Å². The van der Waals surface area contributed by atoms with Crippen LogP contribution in [-0.4, -0.2) is 12.6 Å². The lowest BCUT2D eigenvalue weighted by Gasteiger charge is -2.25. The summed E-state index contributed by atoms with van der Waals surface area (Å²) >= 11 is 0. The van der Waals surface area contributed by atoms with Crippen LogP contribution in [0.4, 0.5) is 0 Å². The molecule has 1 saturated carbocycles. The largest absolute Gasteiger partial charge is 0.314 e. The van der Waals surface area contributed by atoms with Crippen LogP contribution in [0.15, 0.2) is 0 Å². The van der Waals surface area contributed by atoms with Crippen molar-refractivity contribution in [1.29, 1.82) is 0 Å². The van der Waals surface area contributed by atoms with Crippen molar-refractivity contribution in [3.05, 3.63) is 0 Å². The van der Waals surface area contributed by atoms with Crippen LogP contribution in [0.5, 0.6) is 0 Å². The molecular weight excluding hydrogens is 170 g/mol. The van der Waals surface area contributed by atoms with Crippen LogP contribution in [0.25, 0.3) is 0 Å². The molecule has 0 radical (unpaired) electrons. The van der Waals surface area contributed by atoms with Crippen molar-refractivity contribution in [2.45, 2.75) is 65.8 Å². The second kappa shape index (κ2) is 5.16. The summed E-state index contributed by atoms with van der Waals surface area (Å²) in [6.07, 6.45) is 7.09. The highest BCUT2D eigenvalue weighted by atomic mass is 14.9.